The molecule has 9 aromatic rings. The molecule has 75 heavy (non-hydrogen) atoms. The van der Waals surface area contributed by atoms with Crippen LogP contribution in [0.5, 0.6) is 0 Å². The Labute approximate surface area is 442 Å². The lowest BCUT2D eigenvalue weighted by molar-refractivity contribution is 0.0683. The molecule has 0 spiro atoms. The first-order chi connectivity index (χ1) is 36.6. The minimum absolute atomic E-state index is 0.0192. The number of nitrogens with one attached hydrogen (secondary N) is 4. The number of fused-ring (bicyclic) bond motifs is 3. The van der Waals surface area contributed by atoms with Gasteiger partial charge in [0.25, 0.3) is 11.8 Å². The molecule has 0 radical (unpaired) electrons. The molecule has 2 aliphatic heterocycles. The molecule has 24 heteroatoms. The van der Waals surface area contributed by atoms with Crippen molar-refractivity contribution in [2.24, 2.45) is 0 Å². The van der Waals surface area contributed by atoms with Crippen LogP contribution in [0.2, 0.25) is 0 Å². The van der Waals surface area contributed by atoms with Crippen molar-refractivity contribution in [1.82, 2.24) is 55.1 Å². The minimum Gasteiger partial charge on any atom is -0.476 e. The van der Waals surface area contributed by atoms with E-state index in [1.54, 1.807) is 34.9 Å². The molecule has 9 aromatic heterocycles. The number of aliphatic hydroxyl groups excluding tert-OH is 1. The number of nitrogens with zero attached hydrogens (tertiary/aromatic N) is 10. The second-order valence-electron chi connectivity index (χ2n) is 16.7. The zero-order valence-electron chi connectivity index (χ0n) is 41.1. The lowest BCUT2D eigenvalue weighted by Gasteiger charge is -2.16. The normalized spacial score (nSPS) is 14.1. The second-order valence-corrected chi connectivity index (χ2v) is 19.4. The Morgan fingerprint density at radius 2 is 1.03 bits per heavy atom. The number of pyridine rings is 3. The number of aliphatic hydroxyl groups is 1. The number of carboxylic acid groups (broad SMARTS) is 1. The van der Waals surface area contributed by atoms with Gasteiger partial charge in [-0.15, -0.1) is 34.0 Å². The number of aromatic carboxylic acids is 1. The summed E-state index contributed by atoms with van der Waals surface area (Å²) >= 11 is 4.20. The molecular formula is C51H54N14O7S3. The summed E-state index contributed by atoms with van der Waals surface area (Å²) in [6.45, 7) is 9.38. The maximum atomic E-state index is 12.8. The van der Waals surface area contributed by atoms with Crippen LogP contribution < -0.4 is 21.3 Å². The molecule has 2 aliphatic rings. The topological polar surface area (TPSA) is 278 Å². The van der Waals surface area contributed by atoms with Gasteiger partial charge in [-0.3, -0.25) is 24.5 Å². The van der Waals surface area contributed by atoms with Gasteiger partial charge in [-0.25, -0.2) is 34.7 Å². The van der Waals surface area contributed by atoms with Gasteiger partial charge in [0.2, 0.25) is 17.8 Å². The number of hydrogen-bond donors (Lipinski definition) is 6. The molecule has 0 aromatic carbocycles. The molecule has 388 valence electrons. The molecule has 0 saturated carbocycles. The van der Waals surface area contributed by atoms with Crippen LogP contribution in [0.4, 0.5) is 17.8 Å². The van der Waals surface area contributed by atoms with Crippen molar-refractivity contribution in [3.05, 3.63) is 142 Å². The largest absolute Gasteiger partial charge is 0.476 e. The molecule has 2 fully saturated rings. The van der Waals surface area contributed by atoms with E-state index in [2.05, 4.69) is 66.1 Å². The van der Waals surface area contributed by atoms with E-state index >= 15 is 0 Å². The summed E-state index contributed by atoms with van der Waals surface area (Å²) in [5.41, 5.74) is 5.42. The smallest absolute Gasteiger partial charge is 0.356 e. The van der Waals surface area contributed by atoms with E-state index < -0.39 is 5.97 Å². The molecule has 0 bridgehead atoms. The van der Waals surface area contributed by atoms with Crippen molar-refractivity contribution >= 4 is 100 Å². The maximum absolute atomic E-state index is 12.8. The van der Waals surface area contributed by atoms with Gasteiger partial charge in [0, 0.05) is 44.9 Å². The van der Waals surface area contributed by atoms with E-state index in [9.17, 15) is 19.5 Å². The zero-order valence-corrected chi connectivity index (χ0v) is 43.6. The van der Waals surface area contributed by atoms with Crippen LogP contribution in [0.15, 0.2) is 108 Å². The van der Waals surface area contributed by atoms with Crippen molar-refractivity contribution in [1.29, 1.82) is 0 Å². The van der Waals surface area contributed by atoms with Gasteiger partial charge >= 0.3 is 5.97 Å². The lowest BCUT2D eigenvalue weighted by atomic mass is 10.2. The van der Waals surface area contributed by atoms with Crippen molar-refractivity contribution in [2.75, 3.05) is 62.2 Å². The summed E-state index contributed by atoms with van der Waals surface area (Å²) in [5, 5.41) is 35.9. The number of hydrogen-bond acceptors (Lipinski definition) is 21. The van der Waals surface area contributed by atoms with Crippen LogP contribution in [0, 0.1) is 0 Å². The maximum Gasteiger partial charge on any atom is 0.356 e. The Hall–Kier alpha value is -7.74. The fourth-order valence-electron chi connectivity index (χ4n) is 7.41. The molecule has 21 nitrogen and oxygen atoms in total. The number of aromatic nitrogens is 9. The van der Waals surface area contributed by atoms with Crippen molar-refractivity contribution in [3.8, 4) is 0 Å². The van der Waals surface area contributed by atoms with Gasteiger partial charge in [-0.1, -0.05) is 18.2 Å². The summed E-state index contributed by atoms with van der Waals surface area (Å²) < 4.78 is 12.3. The number of amides is 2. The summed E-state index contributed by atoms with van der Waals surface area (Å²) in [5.74, 6) is -0.427. The first-order valence-corrected chi connectivity index (χ1v) is 26.5. The summed E-state index contributed by atoms with van der Waals surface area (Å²) in [7, 11) is 0. The Morgan fingerprint density at radius 1 is 0.587 bits per heavy atom. The lowest BCUT2D eigenvalue weighted by Crippen LogP contribution is -2.29. The van der Waals surface area contributed by atoms with Crippen LogP contribution in [-0.4, -0.2) is 124 Å². The van der Waals surface area contributed by atoms with Gasteiger partial charge in [0.05, 0.1) is 79.1 Å². The van der Waals surface area contributed by atoms with Crippen LogP contribution in [0.25, 0.3) is 30.6 Å². The van der Waals surface area contributed by atoms with E-state index in [0.717, 1.165) is 45.2 Å². The number of carbonyl (C=O) groups excluding carboxylic acids is 2. The quantitative estimate of drug-likeness (QED) is 0.0596. The highest BCUT2D eigenvalue weighted by molar-refractivity contribution is 7.18. The van der Waals surface area contributed by atoms with E-state index in [0.29, 0.717) is 58.9 Å². The van der Waals surface area contributed by atoms with Crippen molar-refractivity contribution in [3.63, 3.8) is 0 Å². The summed E-state index contributed by atoms with van der Waals surface area (Å²) in [6, 6.07) is 22.3. The first kappa shape index (κ1) is 53.5. The molecule has 11 heterocycles. The molecule has 3 atom stereocenters. The fraction of sp³-hybridized carbons (Fsp3) is 0.294. The average molecular weight is 1070 g/mol. The van der Waals surface area contributed by atoms with Crippen molar-refractivity contribution < 1.29 is 34.1 Å². The van der Waals surface area contributed by atoms with E-state index in [1.807, 2.05) is 98.3 Å². The number of carboxylic acids is 1. The third-order valence-electron chi connectivity index (χ3n) is 11.2. The van der Waals surface area contributed by atoms with Gasteiger partial charge in [0.1, 0.15) is 6.73 Å². The molecule has 6 N–H and O–H groups in total. The molecule has 0 unspecified atom stereocenters. The second kappa shape index (κ2) is 26.5. The van der Waals surface area contributed by atoms with Crippen molar-refractivity contribution in [2.45, 2.75) is 51.7 Å². The fourth-order valence-corrected chi connectivity index (χ4v) is 9.86. The summed E-state index contributed by atoms with van der Waals surface area (Å²) in [6.07, 6.45) is 7.74. The van der Waals surface area contributed by atoms with E-state index in [1.165, 1.54) is 46.9 Å². The number of carbonyl (C=O) groups is 3. The van der Waals surface area contributed by atoms with Crippen LogP contribution in [-0.2, 0) is 9.47 Å². The summed E-state index contributed by atoms with van der Waals surface area (Å²) in [4.78, 5) is 77.2. The molecule has 11 rings (SSSR count). The van der Waals surface area contributed by atoms with Crippen LogP contribution >= 0.6 is 34.0 Å². The Balaban J connectivity index is 0.000000143. The Kier molecular flexibility index (Phi) is 18.9. The van der Waals surface area contributed by atoms with E-state index in [4.69, 9.17) is 14.6 Å². The van der Waals surface area contributed by atoms with Crippen LogP contribution in [0.1, 0.15) is 100 Å². The molecule has 0 aliphatic carbocycles. The predicted octanol–water partition coefficient (Wildman–Crippen LogP) is 8.43. The zero-order chi connectivity index (χ0) is 52.5. The predicted molar refractivity (Wildman–Crippen MR) is 289 cm³/mol. The first-order valence-electron chi connectivity index (χ1n) is 23.9. The third-order valence-corrected chi connectivity index (χ3v) is 14.0. The van der Waals surface area contributed by atoms with Gasteiger partial charge in [-0.2, -0.15) is 0 Å². The number of rotatable bonds is 14. The van der Waals surface area contributed by atoms with E-state index in [-0.39, 0.29) is 54.7 Å². The Morgan fingerprint density at radius 3 is 1.41 bits per heavy atom. The third kappa shape index (κ3) is 14.3. The van der Waals surface area contributed by atoms with Gasteiger partial charge in [0.15, 0.2) is 17.1 Å². The standard InChI is InChI=1S/C17H17N5O2S.C16H17N5O2S.C14H12N4O2S.C4H8O/c1-11(12-4-2-3-6-18-12)19-17-20-13-5-9-25-15(13)14(21-17)16(23)22-7-8-24-10-22;1-10(11-4-2-3-6-17-11)19-16-20-12-5-9-24-14(12)13(21-16)15(23)18-7-8-22;1-8(9-4-2-3-6-15-9)16-14-17-10-5-7-21-12(10)11(18-14)13(19)20;1-2-4-5-3-1/h2-6,9,11H,7-8,10H2,1H3,(H,19,20,21);2-6,9-10,22H,7-8H2,1H3,(H,18,23)(H,19,20,21);2-8H,1H3,(H,19,20)(H,16,17,18);1-4H2/t11-;10-;8-;/m000./s1. The number of thiophene rings is 3. The van der Waals surface area contributed by atoms with Gasteiger partial charge < -0.3 is 45.9 Å². The average Bonchev–Trinajstić information content (AvgIpc) is 4.31. The number of ether oxygens (including phenoxy) is 2. The molecule has 2 amide bonds. The highest BCUT2D eigenvalue weighted by atomic mass is 32.1. The Bertz CT molecular complexity index is 3280. The highest BCUT2D eigenvalue weighted by Gasteiger charge is 2.26. The highest BCUT2D eigenvalue weighted by Crippen LogP contribution is 2.29. The monoisotopic (exact) mass is 1070 g/mol. The van der Waals surface area contributed by atoms with Crippen LogP contribution in [0.3, 0.4) is 0 Å². The molecule has 2 saturated heterocycles. The molecular weight excluding hydrogens is 1020 g/mol. The SMILES string of the molecule is C1CCOC1.C[C@H](Nc1nc(C(=O)N2CCOC2)c2sccc2n1)c1ccccn1.C[C@H](Nc1nc(C(=O)NCCO)c2sccc2n1)c1ccccn1.C[C@H](Nc1nc(C(=O)O)c2sccc2n1)c1ccccn1. The number of anilines is 3. The van der Waals surface area contributed by atoms with Gasteiger partial charge in [-0.05, 0) is 104 Å². The minimum atomic E-state index is -1.06.